The lowest BCUT2D eigenvalue weighted by molar-refractivity contribution is -0.144. The first-order chi connectivity index (χ1) is 7.15. The predicted molar refractivity (Wildman–Crippen MR) is 57.5 cm³/mol. The van der Waals surface area contributed by atoms with Crippen LogP contribution in [0, 0.1) is 5.92 Å². The summed E-state index contributed by atoms with van der Waals surface area (Å²) < 4.78 is 0.824. The third-order valence-corrected chi connectivity index (χ3v) is 2.85. The summed E-state index contributed by atoms with van der Waals surface area (Å²) in [5.41, 5.74) is 0. The van der Waals surface area contributed by atoms with Gasteiger partial charge in [-0.3, -0.25) is 4.79 Å². The molecule has 6 heteroatoms. The third-order valence-electron chi connectivity index (χ3n) is 2.44. The zero-order valence-corrected chi connectivity index (χ0v) is 9.44. The number of hydrogen-bond acceptors (Lipinski definition) is 4. The van der Waals surface area contributed by atoms with Crippen molar-refractivity contribution < 1.29 is 9.90 Å². The number of carboxylic acid groups (broad SMARTS) is 1. The number of nitrogens with zero attached hydrogens (tertiary/aromatic N) is 2. The van der Waals surface area contributed by atoms with Crippen molar-refractivity contribution >= 4 is 27.8 Å². The second-order valence-corrected chi connectivity index (χ2v) is 4.49. The maximum absolute atomic E-state index is 10.6. The molecule has 1 aromatic rings. The predicted octanol–water partition coefficient (Wildman–Crippen LogP) is 1.51. The molecule has 1 aliphatic carbocycles. The molecule has 0 amide bonds. The molecule has 2 rings (SSSR count). The Kier molecular flexibility index (Phi) is 2.86. The molecule has 1 aliphatic rings. The molecule has 1 aromatic heterocycles. The van der Waals surface area contributed by atoms with Gasteiger partial charge in [-0.05, 0) is 28.8 Å². The molecular weight excluding hydrogens is 262 g/mol. The highest BCUT2D eigenvalue weighted by atomic mass is 79.9. The molecule has 0 aromatic carbocycles. The molecule has 1 fully saturated rings. The lowest BCUT2D eigenvalue weighted by Gasteiger charge is -2.32. The number of anilines is 1. The SMILES string of the molecule is O=C(O)C1CC(Nc2ncc(Br)cn2)C1. The van der Waals surface area contributed by atoms with Crippen molar-refractivity contribution in [3.63, 3.8) is 0 Å². The van der Waals surface area contributed by atoms with E-state index in [1.54, 1.807) is 12.4 Å². The van der Waals surface area contributed by atoms with Crippen molar-refractivity contribution in [3.8, 4) is 0 Å². The van der Waals surface area contributed by atoms with Crippen molar-refractivity contribution in [2.45, 2.75) is 18.9 Å². The highest BCUT2D eigenvalue weighted by molar-refractivity contribution is 9.10. The number of halogens is 1. The van der Waals surface area contributed by atoms with Gasteiger partial charge in [0.2, 0.25) is 5.95 Å². The summed E-state index contributed by atoms with van der Waals surface area (Å²) in [7, 11) is 0. The lowest BCUT2D eigenvalue weighted by Crippen LogP contribution is -2.39. The number of carbonyl (C=O) groups is 1. The molecule has 1 saturated carbocycles. The van der Waals surface area contributed by atoms with E-state index in [-0.39, 0.29) is 12.0 Å². The van der Waals surface area contributed by atoms with Crippen molar-refractivity contribution in [1.82, 2.24) is 9.97 Å². The van der Waals surface area contributed by atoms with Gasteiger partial charge in [-0.25, -0.2) is 9.97 Å². The van der Waals surface area contributed by atoms with Crippen LogP contribution in [0.5, 0.6) is 0 Å². The third kappa shape index (κ3) is 2.44. The maximum atomic E-state index is 10.6. The molecule has 2 N–H and O–H groups in total. The minimum Gasteiger partial charge on any atom is -0.481 e. The summed E-state index contributed by atoms with van der Waals surface area (Å²) in [6.45, 7) is 0. The number of nitrogens with one attached hydrogen (secondary N) is 1. The van der Waals surface area contributed by atoms with E-state index in [4.69, 9.17) is 5.11 Å². The van der Waals surface area contributed by atoms with Crippen LogP contribution in [0.25, 0.3) is 0 Å². The Balaban J connectivity index is 1.85. The largest absolute Gasteiger partial charge is 0.481 e. The van der Waals surface area contributed by atoms with Gasteiger partial charge in [0.15, 0.2) is 0 Å². The van der Waals surface area contributed by atoms with Gasteiger partial charge in [0.05, 0.1) is 10.4 Å². The molecule has 15 heavy (non-hydrogen) atoms. The highest BCUT2D eigenvalue weighted by Gasteiger charge is 2.34. The summed E-state index contributed by atoms with van der Waals surface area (Å²) >= 11 is 3.24. The minimum absolute atomic E-state index is 0.187. The summed E-state index contributed by atoms with van der Waals surface area (Å²) in [6, 6.07) is 0.187. The molecule has 0 unspecified atom stereocenters. The van der Waals surface area contributed by atoms with Crippen molar-refractivity contribution in [2.24, 2.45) is 5.92 Å². The van der Waals surface area contributed by atoms with Crippen LogP contribution in [0.2, 0.25) is 0 Å². The zero-order valence-electron chi connectivity index (χ0n) is 7.85. The van der Waals surface area contributed by atoms with Crippen LogP contribution < -0.4 is 5.32 Å². The number of aromatic nitrogens is 2. The molecule has 5 nitrogen and oxygen atoms in total. The average molecular weight is 272 g/mol. The fourth-order valence-corrected chi connectivity index (χ4v) is 1.71. The molecule has 0 spiro atoms. The van der Waals surface area contributed by atoms with E-state index >= 15 is 0 Å². The van der Waals surface area contributed by atoms with Gasteiger partial charge in [-0.1, -0.05) is 0 Å². The first-order valence-electron chi connectivity index (χ1n) is 4.62. The molecule has 0 saturated heterocycles. The summed E-state index contributed by atoms with van der Waals surface area (Å²) in [5, 5.41) is 11.8. The van der Waals surface area contributed by atoms with E-state index in [9.17, 15) is 4.79 Å². The normalized spacial score (nSPS) is 24.3. The van der Waals surface area contributed by atoms with E-state index in [1.807, 2.05) is 0 Å². The molecule has 0 radical (unpaired) electrons. The summed E-state index contributed by atoms with van der Waals surface area (Å²) in [5.74, 6) is -0.380. The van der Waals surface area contributed by atoms with Crippen LogP contribution in [0.1, 0.15) is 12.8 Å². The highest BCUT2D eigenvalue weighted by Crippen LogP contribution is 2.29. The quantitative estimate of drug-likeness (QED) is 0.872. The molecular formula is C9H10BrN3O2. The summed E-state index contributed by atoms with van der Waals surface area (Å²) in [4.78, 5) is 18.7. The Morgan fingerprint density at radius 2 is 2.07 bits per heavy atom. The van der Waals surface area contributed by atoms with Gasteiger partial charge >= 0.3 is 5.97 Å². The Morgan fingerprint density at radius 3 is 2.60 bits per heavy atom. The van der Waals surface area contributed by atoms with Crippen molar-refractivity contribution in [3.05, 3.63) is 16.9 Å². The van der Waals surface area contributed by atoms with Crippen LogP contribution in [0.4, 0.5) is 5.95 Å². The first-order valence-corrected chi connectivity index (χ1v) is 5.41. The Morgan fingerprint density at radius 1 is 1.47 bits per heavy atom. The minimum atomic E-state index is -0.718. The second kappa shape index (κ2) is 4.14. The van der Waals surface area contributed by atoms with Crippen LogP contribution in [0.3, 0.4) is 0 Å². The molecule has 0 aliphatic heterocycles. The Labute approximate surface area is 95.1 Å². The van der Waals surface area contributed by atoms with Gasteiger partial charge in [-0.15, -0.1) is 0 Å². The fraction of sp³-hybridized carbons (Fsp3) is 0.444. The topological polar surface area (TPSA) is 75.1 Å². The smallest absolute Gasteiger partial charge is 0.306 e. The van der Waals surface area contributed by atoms with Gasteiger partial charge in [0.25, 0.3) is 0 Å². The fourth-order valence-electron chi connectivity index (χ4n) is 1.51. The molecule has 1 heterocycles. The van der Waals surface area contributed by atoms with Gasteiger partial charge in [0, 0.05) is 18.4 Å². The van der Waals surface area contributed by atoms with Crippen LogP contribution >= 0.6 is 15.9 Å². The molecule has 0 atom stereocenters. The second-order valence-electron chi connectivity index (χ2n) is 3.57. The number of hydrogen-bond donors (Lipinski definition) is 2. The van der Waals surface area contributed by atoms with Crippen LogP contribution in [-0.2, 0) is 4.79 Å². The van der Waals surface area contributed by atoms with Gasteiger partial charge in [-0.2, -0.15) is 0 Å². The lowest BCUT2D eigenvalue weighted by atomic mass is 9.80. The van der Waals surface area contributed by atoms with E-state index in [1.165, 1.54) is 0 Å². The first kappa shape index (κ1) is 10.4. The molecule has 80 valence electrons. The van der Waals surface area contributed by atoms with E-state index in [0.29, 0.717) is 18.8 Å². The van der Waals surface area contributed by atoms with Crippen LogP contribution in [-0.4, -0.2) is 27.1 Å². The maximum Gasteiger partial charge on any atom is 0.306 e. The van der Waals surface area contributed by atoms with Crippen molar-refractivity contribution in [1.29, 1.82) is 0 Å². The number of rotatable bonds is 3. The van der Waals surface area contributed by atoms with E-state index < -0.39 is 5.97 Å². The van der Waals surface area contributed by atoms with Gasteiger partial charge in [0.1, 0.15) is 0 Å². The van der Waals surface area contributed by atoms with Crippen LogP contribution in [0.15, 0.2) is 16.9 Å². The Hall–Kier alpha value is -1.17. The molecule has 0 bridgehead atoms. The van der Waals surface area contributed by atoms with E-state index in [0.717, 1.165) is 4.47 Å². The number of aliphatic carboxylic acids is 1. The zero-order chi connectivity index (χ0) is 10.8. The Bertz CT molecular complexity index is 362. The summed E-state index contributed by atoms with van der Waals surface area (Å²) in [6.07, 6.45) is 4.61. The number of carboxylic acids is 1. The van der Waals surface area contributed by atoms with E-state index in [2.05, 4.69) is 31.2 Å². The van der Waals surface area contributed by atoms with Crippen molar-refractivity contribution in [2.75, 3.05) is 5.32 Å². The standard InChI is InChI=1S/C9H10BrN3O2/c10-6-3-11-9(12-4-6)13-7-1-5(2-7)8(14)15/h3-5,7H,1-2H2,(H,14,15)(H,11,12,13). The van der Waals surface area contributed by atoms with Gasteiger partial charge < -0.3 is 10.4 Å². The monoisotopic (exact) mass is 271 g/mol. The average Bonchev–Trinajstić information content (AvgIpc) is 2.13.